The van der Waals surface area contributed by atoms with Gasteiger partial charge in [-0.15, -0.1) is 11.8 Å². The molecule has 0 amide bonds. The highest BCUT2D eigenvalue weighted by Gasteiger charge is 2.32. The number of esters is 1. The number of nitrogens with zero attached hydrogens (tertiary/aromatic N) is 1. The number of aliphatic hydroxyl groups is 2. The molecular weight excluding hydrogens is 386 g/mol. The van der Waals surface area contributed by atoms with Gasteiger partial charge in [0, 0.05) is 29.2 Å². The molecule has 2 N–H and O–H groups in total. The Hall–Kier alpha value is -1.29. The fourth-order valence-corrected chi connectivity index (χ4v) is 4.85. The van der Waals surface area contributed by atoms with E-state index >= 15 is 0 Å². The van der Waals surface area contributed by atoms with Gasteiger partial charge in [-0.25, -0.2) is 0 Å². The summed E-state index contributed by atoms with van der Waals surface area (Å²) in [5.41, 5.74) is 0.650. The topological polar surface area (TPSA) is 90.5 Å². The van der Waals surface area contributed by atoms with E-state index in [1.54, 1.807) is 17.8 Å². The van der Waals surface area contributed by atoms with E-state index in [1.807, 2.05) is 6.08 Å². The van der Waals surface area contributed by atoms with Crippen LogP contribution in [0.5, 0.6) is 0 Å². The molecule has 0 aromatic heterocycles. The highest BCUT2D eigenvalue weighted by Crippen LogP contribution is 2.40. The van der Waals surface area contributed by atoms with Gasteiger partial charge in [-0.1, -0.05) is 51.7 Å². The lowest BCUT2D eigenvalue weighted by atomic mass is 9.96. The van der Waals surface area contributed by atoms with Gasteiger partial charge in [0.1, 0.15) is 0 Å². The van der Waals surface area contributed by atoms with E-state index in [0.29, 0.717) is 24.3 Å². The van der Waals surface area contributed by atoms with E-state index in [4.69, 9.17) is 0 Å². The molecule has 0 aromatic rings. The van der Waals surface area contributed by atoms with Crippen LogP contribution < -0.4 is 0 Å². The van der Waals surface area contributed by atoms with Crippen LogP contribution in [0.25, 0.3) is 0 Å². The number of rotatable bonds is 14. The third kappa shape index (κ3) is 9.84. The van der Waals surface area contributed by atoms with E-state index in [0.717, 1.165) is 49.2 Å². The highest BCUT2D eigenvalue weighted by molar-refractivity contribution is 8.03. The molecule has 0 saturated carbocycles. The maximum absolute atomic E-state index is 11.1. The van der Waals surface area contributed by atoms with E-state index in [-0.39, 0.29) is 11.9 Å². The number of hydrogen-bond donors (Lipinski definition) is 2. The Labute approximate surface area is 180 Å². The third-order valence-electron chi connectivity index (χ3n) is 5.31. The van der Waals surface area contributed by atoms with Gasteiger partial charge in [0.2, 0.25) is 0 Å². The number of nitriles is 1. The van der Waals surface area contributed by atoms with Gasteiger partial charge in [-0.05, 0) is 30.9 Å². The Morgan fingerprint density at radius 2 is 2.14 bits per heavy atom. The molecule has 0 aliphatic heterocycles. The predicted molar refractivity (Wildman–Crippen MR) is 118 cm³/mol. The maximum Gasteiger partial charge on any atom is 0.305 e. The van der Waals surface area contributed by atoms with E-state index < -0.39 is 12.2 Å². The second-order valence-corrected chi connectivity index (χ2v) is 9.06. The largest absolute Gasteiger partial charge is 0.469 e. The number of methoxy groups -OCH3 is 1. The minimum absolute atomic E-state index is 0.182. The Morgan fingerprint density at radius 3 is 2.79 bits per heavy atom. The zero-order valence-electron chi connectivity index (χ0n) is 18.1. The zero-order valence-corrected chi connectivity index (χ0v) is 18.9. The van der Waals surface area contributed by atoms with E-state index in [2.05, 4.69) is 24.7 Å². The van der Waals surface area contributed by atoms with Crippen LogP contribution in [0.15, 0.2) is 22.6 Å². The summed E-state index contributed by atoms with van der Waals surface area (Å²) in [7, 11) is 1.40. The maximum atomic E-state index is 11.1. The van der Waals surface area contributed by atoms with Crippen LogP contribution >= 0.6 is 11.8 Å². The summed E-state index contributed by atoms with van der Waals surface area (Å²) in [6, 6.07) is 2.23. The second-order valence-electron chi connectivity index (χ2n) is 7.92. The lowest BCUT2D eigenvalue weighted by Gasteiger charge is -2.17. The average Bonchev–Trinajstić information content (AvgIpc) is 3.01. The molecule has 4 atom stereocenters. The van der Waals surface area contributed by atoms with Crippen molar-refractivity contribution < 1.29 is 19.7 Å². The van der Waals surface area contributed by atoms with Crippen LogP contribution in [0, 0.1) is 23.2 Å². The predicted octanol–water partition coefficient (Wildman–Crippen LogP) is 4.74. The number of hydrogen-bond acceptors (Lipinski definition) is 6. The molecule has 1 rings (SSSR count). The summed E-state index contributed by atoms with van der Waals surface area (Å²) in [5, 5.41) is 30.2. The number of ether oxygens (including phenoxy) is 1. The molecule has 0 heterocycles. The van der Waals surface area contributed by atoms with Crippen molar-refractivity contribution in [1.82, 2.24) is 0 Å². The van der Waals surface area contributed by atoms with Gasteiger partial charge in [-0.2, -0.15) is 5.26 Å². The molecule has 29 heavy (non-hydrogen) atoms. The SMILES string of the molecule is CCCC[C@@H](C)C[C@H](O)C=C[C@@H]1C(SCCCCCC(=O)OC)=C(C#N)C[C@H]1O. The summed E-state index contributed by atoms with van der Waals surface area (Å²) in [4.78, 5) is 12.1. The molecule has 0 saturated heterocycles. The molecule has 0 unspecified atom stereocenters. The minimum Gasteiger partial charge on any atom is -0.469 e. The van der Waals surface area contributed by atoms with Crippen molar-refractivity contribution in [2.75, 3.05) is 12.9 Å². The van der Waals surface area contributed by atoms with Gasteiger partial charge in [0.25, 0.3) is 0 Å². The number of thioether (sulfide) groups is 1. The Balaban J connectivity index is 2.53. The molecule has 6 heteroatoms. The van der Waals surface area contributed by atoms with Gasteiger partial charge < -0.3 is 14.9 Å². The summed E-state index contributed by atoms with van der Waals surface area (Å²) >= 11 is 1.62. The molecule has 0 bridgehead atoms. The normalized spacial score (nSPS) is 21.4. The van der Waals surface area contributed by atoms with Crippen molar-refractivity contribution in [3.63, 3.8) is 0 Å². The molecule has 164 valence electrons. The minimum atomic E-state index is -0.604. The first kappa shape index (κ1) is 25.7. The van der Waals surface area contributed by atoms with Crippen molar-refractivity contribution in [3.8, 4) is 6.07 Å². The summed E-state index contributed by atoms with van der Waals surface area (Å²) in [6.45, 7) is 4.33. The van der Waals surface area contributed by atoms with Gasteiger partial charge >= 0.3 is 5.97 Å². The van der Waals surface area contributed by atoms with Crippen molar-refractivity contribution >= 4 is 17.7 Å². The first-order valence-corrected chi connectivity index (χ1v) is 11.8. The summed E-state index contributed by atoms with van der Waals surface area (Å²) < 4.78 is 4.64. The quantitative estimate of drug-likeness (QED) is 0.238. The monoisotopic (exact) mass is 423 g/mol. The molecule has 5 nitrogen and oxygen atoms in total. The zero-order chi connectivity index (χ0) is 21.6. The van der Waals surface area contributed by atoms with Crippen LogP contribution in [0.1, 0.15) is 71.6 Å². The number of carbonyl (C=O) groups is 1. The van der Waals surface area contributed by atoms with Crippen LogP contribution in [0.2, 0.25) is 0 Å². The van der Waals surface area contributed by atoms with Crippen molar-refractivity contribution in [3.05, 3.63) is 22.6 Å². The lowest BCUT2D eigenvalue weighted by molar-refractivity contribution is -0.140. The molecule has 0 radical (unpaired) electrons. The van der Waals surface area contributed by atoms with Crippen LogP contribution in [0.3, 0.4) is 0 Å². The third-order valence-corrected chi connectivity index (χ3v) is 6.63. The number of unbranched alkanes of at least 4 members (excludes halogenated alkanes) is 3. The van der Waals surface area contributed by atoms with Crippen molar-refractivity contribution in [2.45, 2.75) is 83.8 Å². The van der Waals surface area contributed by atoms with Crippen LogP contribution in [-0.4, -0.2) is 41.3 Å². The molecule has 1 aliphatic carbocycles. The van der Waals surface area contributed by atoms with Crippen molar-refractivity contribution in [1.29, 1.82) is 5.26 Å². The van der Waals surface area contributed by atoms with Crippen molar-refractivity contribution in [2.24, 2.45) is 11.8 Å². The standard InChI is InChI=1S/C23H37NO4S/c1-4-5-9-17(2)14-19(25)11-12-20-21(26)15-18(16-24)23(20)29-13-8-6-7-10-22(27)28-3/h11-12,17,19-21,25-26H,4-10,13-15H2,1-3H3/t17-,19-,20+,21-/m1/s1. The van der Waals surface area contributed by atoms with Gasteiger partial charge in [-0.3, -0.25) is 4.79 Å². The molecule has 0 spiro atoms. The Morgan fingerprint density at radius 1 is 1.38 bits per heavy atom. The van der Waals surface area contributed by atoms with Crippen LogP contribution in [-0.2, 0) is 9.53 Å². The van der Waals surface area contributed by atoms with E-state index in [1.165, 1.54) is 13.5 Å². The highest BCUT2D eigenvalue weighted by atomic mass is 32.2. The number of aliphatic hydroxyl groups excluding tert-OH is 2. The smallest absolute Gasteiger partial charge is 0.305 e. The lowest BCUT2D eigenvalue weighted by Crippen LogP contribution is -2.15. The fraction of sp³-hybridized carbons (Fsp3) is 0.739. The van der Waals surface area contributed by atoms with E-state index in [9.17, 15) is 20.3 Å². The molecular formula is C23H37NO4S. The summed E-state index contributed by atoms with van der Waals surface area (Å²) in [6.07, 6.45) is 10.2. The molecule has 0 aromatic carbocycles. The van der Waals surface area contributed by atoms with Gasteiger partial charge in [0.15, 0.2) is 0 Å². The number of carbonyl (C=O) groups excluding carboxylic acids is 1. The van der Waals surface area contributed by atoms with Gasteiger partial charge in [0.05, 0.1) is 25.4 Å². The summed E-state index contributed by atoms with van der Waals surface area (Å²) in [5.74, 6) is 0.909. The first-order chi connectivity index (χ1) is 13.9. The fourth-order valence-electron chi connectivity index (χ4n) is 3.55. The van der Waals surface area contributed by atoms with Crippen LogP contribution in [0.4, 0.5) is 0 Å². The molecule has 0 fully saturated rings. The average molecular weight is 424 g/mol. The second kappa shape index (κ2) is 14.7. The first-order valence-electron chi connectivity index (χ1n) is 10.8. The Kier molecular flexibility index (Phi) is 13.0. The molecule has 1 aliphatic rings. The Bertz CT molecular complexity index is 596.